The van der Waals surface area contributed by atoms with Crippen molar-refractivity contribution in [2.45, 2.75) is 22.1 Å². The number of nitrogens with zero attached hydrogens (tertiary/aromatic N) is 2. The smallest absolute Gasteiger partial charge is 0.437 e. The van der Waals surface area contributed by atoms with Gasteiger partial charge in [-0.3, -0.25) is 8.57 Å². The van der Waals surface area contributed by atoms with E-state index in [1.54, 1.807) is 0 Å². The largest absolute Gasteiger partial charge is 0.497 e. The van der Waals surface area contributed by atoms with Gasteiger partial charge >= 0.3 is 32.6 Å². The zero-order valence-electron chi connectivity index (χ0n) is 21.2. The van der Waals surface area contributed by atoms with E-state index in [0.717, 1.165) is 66.7 Å². The van der Waals surface area contributed by atoms with Gasteiger partial charge in [0, 0.05) is 11.1 Å². The number of hydrogen-bond donors (Lipinski definition) is 0. The molecule has 3 rings (SSSR count). The molecule has 42 heavy (non-hydrogen) atoms. The molecule has 0 fully saturated rings. The molecular formula is C24H18F6N2O8S2. The van der Waals surface area contributed by atoms with E-state index in [4.69, 9.17) is 9.47 Å². The minimum absolute atomic E-state index is 0.199. The summed E-state index contributed by atoms with van der Waals surface area (Å²) in [6.07, 6.45) is -10.4. The molecule has 0 aromatic heterocycles. The maximum absolute atomic E-state index is 13.5. The van der Waals surface area contributed by atoms with Gasteiger partial charge in [-0.1, -0.05) is 16.4 Å². The van der Waals surface area contributed by atoms with Crippen molar-refractivity contribution in [2.24, 2.45) is 10.3 Å². The Kier molecular flexibility index (Phi) is 9.41. The summed E-state index contributed by atoms with van der Waals surface area (Å²) in [5.41, 5.74) is -4.65. The molecule has 0 bridgehead atoms. The fraction of sp³-hybridized carbons (Fsp3) is 0.167. The van der Waals surface area contributed by atoms with E-state index in [0.29, 0.717) is 6.07 Å². The molecule has 226 valence electrons. The van der Waals surface area contributed by atoms with Gasteiger partial charge in [0.25, 0.3) is 0 Å². The number of hydrogen-bond acceptors (Lipinski definition) is 10. The Bertz CT molecular complexity index is 1560. The van der Waals surface area contributed by atoms with Gasteiger partial charge < -0.3 is 9.47 Å². The van der Waals surface area contributed by atoms with Crippen LogP contribution in [0.2, 0.25) is 0 Å². The maximum atomic E-state index is 13.5. The van der Waals surface area contributed by atoms with E-state index in [-0.39, 0.29) is 11.5 Å². The third-order valence-corrected chi connectivity index (χ3v) is 7.30. The molecule has 18 heteroatoms. The Morgan fingerprint density at radius 2 is 0.929 bits per heavy atom. The van der Waals surface area contributed by atoms with Crippen LogP contribution in [0.5, 0.6) is 11.5 Å². The first-order valence-electron chi connectivity index (χ1n) is 11.0. The average molecular weight is 641 g/mol. The van der Waals surface area contributed by atoms with Crippen molar-refractivity contribution >= 4 is 31.7 Å². The molecule has 0 radical (unpaired) electrons. The Labute approximate surface area is 235 Å². The molecule has 0 aliphatic heterocycles. The molecule has 3 aromatic carbocycles. The predicted octanol–water partition coefficient (Wildman–Crippen LogP) is 5.05. The minimum atomic E-state index is -5.18. The van der Waals surface area contributed by atoms with Gasteiger partial charge in [0.2, 0.25) is 0 Å². The average Bonchev–Trinajstić information content (AvgIpc) is 2.92. The van der Waals surface area contributed by atoms with E-state index < -0.39 is 64.9 Å². The summed E-state index contributed by atoms with van der Waals surface area (Å²) in [5.74, 6) is 0.398. The number of alkyl halides is 6. The maximum Gasteiger partial charge on any atom is 0.437 e. The topological polar surface area (TPSA) is 130 Å². The van der Waals surface area contributed by atoms with E-state index in [1.807, 2.05) is 0 Å². The second kappa shape index (κ2) is 12.3. The highest BCUT2D eigenvalue weighted by atomic mass is 32.2. The van der Waals surface area contributed by atoms with Crippen molar-refractivity contribution in [3.63, 3.8) is 0 Å². The van der Waals surface area contributed by atoms with Crippen LogP contribution in [0.15, 0.2) is 92.9 Å². The fourth-order valence-electron chi connectivity index (χ4n) is 3.08. The van der Waals surface area contributed by atoms with Crippen LogP contribution < -0.4 is 9.47 Å². The molecule has 0 atom stereocenters. The Morgan fingerprint density at radius 3 is 1.21 bits per heavy atom. The molecule has 0 aliphatic carbocycles. The van der Waals surface area contributed by atoms with Gasteiger partial charge in [-0.25, -0.2) is 0 Å². The van der Waals surface area contributed by atoms with E-state index in [2.05, 4.69) is 18.9 Å². The summed E-state index contributed by atoms with van der Waals surface area (Å²) in [5, 5.41) is 5.44. The van der Waals surface area contributed by atoms with Crippen molar-refractivity contribution in [1.29, 1.82) is 0 Å². The van der Waals surface area contributed by atoms with Gasteiger partial charge in [0.1, 0.15) is 21.3 Å². The molecular weight excluding hydrogens is 622 g/mol. The lowest BCUT2D eigenvalue weighted by Gasteiger charge is -2.12. The van der Waals surface area contributed by atoms with Crippen molar-refractivity contribution in [1.82, 2.24) is 0 Å². The van der Waals surface area contributed by atoms with E-state index >= 15 is 0 Å². The van der Waals surface area contributed by atoms with Crippen LogP contribution in [-0.4, -0.2) is 54.8 Å². The van der Waals surface area contributed by atoms with Gasteiger partial charge in [-0.05, 0) is 66.7 Å². The Balaban J connectivity index is 1.92. The molecule has 0 amide bonds. The van der Waals surface area contributed by atoms with E-state index in [1.165, 1.54) is 14.2 Å². The highest BCUT2D eigenvalue weighted by Crippen LogP contribution is 2.28. The summed E-state index contributed by atoms with van der Waals surface area (Å²) >= 11 is 0. The summed E-state index contributed by atoms with van der Waals surface area (Å²) < 4.78 is 150. The monoisotopic (exact) mass is 640 g/mol. The molecule has 3 aromatic rings. The number of methoxy groups -OCH3 is 2. The SMILES string of the molecule is COc1ccc(/C(=N\OS(=O)(=O)c2cccc(S(=O)(=O)O/N=C(\c3ccc(OC)cc3)C(F)(F)F)c2)C(F)(F)F)cc1. The second-order valence-electron chi connectivity index (χ2n) is 7.86. The highest BCUT2D eigenvalue weighted by molar-refractivity contribution is 7.87. The third kappa shape index (κ3) is 7.90. The lowest BCUT2D eigenvalue weighted by Crippen LogP contribution is -2.25. The van der Waals surface area contributed by atoms with Crippen LogP contribution in [0.25, 0.3) is 0 Å². The lowest BCUT2D eigenvalue weighted by molar-refractivity contribution is -0.0606. The minimum Gasteiger partial charge on any atom is -0.497 e. The third-order valence-electron chi connectivity index (χ3n) is 5.10. The van der Waals surface area contributed by atoms with E-state index in [9.17, 15) is 43.2 Å². The van der Waals surface area contributed by atoms with Crippen LogP contribution in [0.4, 0.5) is 26.3 Å². The van der Waals surface area contributed by atoms with Crippen LogP contribution in [0, 0.1) is 0 Å². The van der Waals surface area contributed by atoms with Crippen LogP contribution in [-0.2, 0) is 28.8 Å². The molecule has 0 heterocycles. The van der Waals surface area contributed by atoms with Crippen LogP contribution in [0.1, 0.15) is 11.1 Å². The molecule has 0 aliphatic rings. The van der Waals surface area contributed by atoms with Gasteiger partial charge in [0.05, 0.1) is 14.2 Å². The number of oxime groups is 2. The number of ether oxygens (including phenoxy) is 2. The van der Waals surface area contributed by atoms with Gasteiger partial charge in [-0.15, -0.1) is 0 Å². The zero-order chi connectivity index (χ0) is 31.3. The van der Waals surface area contributed by atoms with Crippen LogP contribution >= 0.6 is 0 Å². The highest BCUT2D eigenvalue weighted by Gasteiger charge is 2.40. The Hall–Kier alpha value is -4.32. The molecule has 0 N–H and O–H groups in total. The summed E-state index contributed by atoms with van der Waals surface area (Å²) in [4.78, 5) is -2.02. The summed E-state index contributed by atoms with van der Waals surface area (Å²) in [7, 11) is -7.83. The quantitative estimate of drug-likeness (QED) is 0.171. The van der Waals surface area contributed by atoms with Crippen molar-refractivity contribution in [2.75, 3.05) is 14.2 Å². The predicted molar refractivity (Wildman–Crippen MR) is 134 cm³/mol. The second-order valence-corrected chi connectivity index (χ2v) is 10.9. The van der Waals surface area contributed by atoms with Gasteiger partial charge in [0.15, 0.2) is 11.4 Å². The normalized spacial score (nSPS) is 13.4. The zero-order valence-corrected chi connectivity index (χ0v) is 22.8. The van der Waals surface area contributed by atoms with Crippen LogP contribution in [0.3, 0.4) is 0 Å². The Morgan fingerprint density at radius 1 is 0.595 bits per heavy atom. The molecule has 10 nitrogen and oxygen atoms in total. The van der Waals surface area contributed by atoms with Gasteiger partial charge in [-0.2, -0.15) is 43.2 Å². The lowest BCUT2D eigenvalue weighted by atomic mass is 10.1. The molecule has 0 saturated heterocycles. The first kappa shape index (κ1) is 32.2. The number of rotatable bonds is 10. The first-order valence-corrected chi connectivity index (χ1v) is 13.9. The first-order chi connectivity index (χ1) is 19.5. The number of halogens is 6. The molecule has 0 saturated carbocycles. The number of benzene rings is 3. The summed E-state index contributed by atoms with van der Waals surface area (Å²) in [6, 6.07) is 11.0. The fourth-order valence-corrected chi connectivity index (χ4v) is 4.70. The molecule has 0 unspecified atom stereocenters. The van der Waals surface area contributed by atoms with Crippen molar-refractivity contribution < 1.29 is 61.2 Å². The van der Waals surface area contributed by atoms with Crippen molar-refractivity contribution in [3.8, 4) is 11.5 Å². The summed E-state index contributed by atoms with van der Waals surface area (Å²) in [6.45, 7) is 0. The van der Waals surface area contributed by atoms with Crippen molar-refractivity contribution in [3.05, 3.63) is 83.9 Å². The molecule has 0 spiro atoms. The standard InChI is InChI=1S/C24H18F6N2O8S2/c1-37-17-10-6-15(7-11-17)21(23(25,26)27)31-39-41(33,34)19-4-3-5-20(14-19)42(35,36)40-32-22(24(28,29)30)16-8-12-18(38-2)13-9-16/h3-14H,1-2H3/b31-21+,32-22+.